The molecule has 1 aliphatic rings. The molecule has 0 spiro atoms. The van der Waals surface area contributed by atoms with Gasteiger partial charge in [0.25, 0.3) is 0 Å². The van der Waals surface area contributed by atoms with Gasteiger partial charge in [-0.1, -0.05) is 104 Å². The van der Waals surface area contributed by atoms with Crippen molar-refractivity contribution in [1.82, 2.24) is 9.80 Å². The van der Waals surface area contributed by atoms with E-state index in [2.05, 4.69) is 43.0 Å². The number of hydrogen-bond acceptors (Lipinski definition) is 2. The molecule has 0 saturated heterocycles. The number of hydrogen-bond donors (Lipinski definition) is 0. The SMILES string of the molecule is CCCCCCCCCCCN1C=CN(CCCCCCCC)C1CC. The average molecular weight is 365 g/mol. The van der Waals surface area contributed by atoms with Gasteiger partial charge < -0.3 is 9.80 Å². The summed E-state index contributed by atoms with van der Waals surface area (Å²) in [5.74, 6) is 0. The topological polar surface area (TPSA) is 6.48 Å². The first-order chi connectivity index (χ1) is 12.8. The Kier molecular flexibility index (Phi) is 14.8. The highest BCUT2D eigenvalue weighted by Crippen LogP contribution is 2.21. The summed E-state index contributed by atoms with van der Waals surface area (Å²) in [6, 6.07) is 0. The lowest BCUT2D eigenvalue weighted by Gasteiger charge is -2.32. The predicted octanol–water partition coefficient (Wildman–Crippen LogP) is 7.70. The molecular weight excluding hydrogens is 316 g/mol. The van der Waals surface area contributed by atoms with Crippen molar-refractivity contribution in [3.8, 4) is 0 Å². The highest BCUT2D eigenvalue weighted by atomic mass is 15.4. The molecule has 0 N–H and O–H groups in total. The van der Waals surface area contributed by atoms with Crippen molar-refractivity contribution < 1.29 is 0 Å². The lowest BCUT2D eigenvalue weighted by atomic mass is 10.1. The van der Waals surface area contributed by atoms with Gasteiger partial charge in [0.15, 0.2) is 0 Å². The van der Waals surface area contributed by atoms with Gasteiger partial charge in [-0.25, -0.2) is 0 Å². The fourth-order valence-electron chi connectivity index (χ4n) is 4.16. The number of unbranched alkanes of at least 4 members (excludes halogenated alkanes) is 13. The molecule has 2 nitrogen and oxygen atoms in total. The van der Waals surface area contributed by atoms with E-state index in [0.29, 0.717) is 6.17 Å². The normalized spacial score (nSPS) is 16.8. The van der Waals surface area contributed by atoms with Crippen molar-refractivity contribution in [1.29, 1.82) is 0 Å². The first-order valence-corrected chi connectivity index (χ1v) is 12.0. The average Bonchev–Trinajstić information content (AvgIpc) is 3.05. The van der Waals surface area contributed by atoms with E-state index in [4.69, 9.17) is 0 Å². The fourth-order valence-corrected chi connectivity index (χ4v) is 4.16. The summed E-state index contributed by atoms with van der Waals surface area (Å²) in [6.07, 6.45) is 27.7. The zero-order chi connectivity index (χ0) is 18.9. The van der Waals surface area contributed by atoms with Crippen LogP contribution in [0.2, 0.25) is 0 Å². The van der Waals surface area contributed by atoms with E-state index in [0.717, 1.165) is 0 Å². The van der Waals surface area contributed by atoms with E-state index in [1.807, 2.05) is 0 Å². The van der Waals surface area contributed by atoms with Crippen molar-refractivity contribution in [2.75, 3.05) is 13.1 Å². The summed E-state index contributed by atoms with van der Waals surface area (Å²) >= 11 is 0. The summed E-state index contributed by atoms with van der Waals surface area (Å²) in [6.45, 7) is 9.43. The minimum atomic E-state index is 0.625. The Bertz CT molecular complexity index is 326. The molecule has 0 fully saturated rings. The van der Waals surface area contributed by atoms with Gasteiger partial charge in [-0.15, -0.1) is 0 Å². The maximum atomic E-state index is 2.60. The molecule has 0 radical (unpaired) electrons. The van der Waals surface area contributed by atoms with Gasteiger partial charge in [-0.2, -0.15) is 0 Å². The molecule has 1 rings (SSSR count). The summed E-state index contributed by atoms with van der Waals surface area (Å²) in [5, 5.41) is 0. The van der Waals surface area contributed by atoms with Crippen LogP contribution < -0.4 is 0 Å². The molecular formula is C24H48N2. The van der Waals surface area contributed by atoms with Crippen LogP contribution in [0.15, 0.2) is 12.4 Å². The molecule has 1 aliphatic heterocycles. The third-order valence-corrected chi connectivity index (χ3v) is 5.87. The van der Waals surface area contributed by atoms with E-state index < -0.39 is 0 Å². The molecule has 0 aromatic carbocycles. The third kappa shape index (κ3) is 10.5. The molecule has 0 aliphatic carbocycles. The van der Waals surface area contributed by atoms with Crippen LogP contribution in [0.3, 0.4) is 0 Å². The quantitative estimate of drug-likeness (QED) is 0.230. The summed E-state index contributed by atoms with van der Waals surface area (Å²) in [4.78, 5) is 5.19. The summed E-state index contributed by atoms with van der Waals surface area (Å²) in [5.41, 5.74) is 0. The van der Waals surface area contributed by atoms with Gasteiger partial charge in [0.05, 0.1) is 0 Å². The van der Waals surface area contributed by atoms with Crippen molar-refractivity contribution in [2.45, 2.75) is 130 Å². The van der Waals surface area contributed by atoms with Crippen LogP contribution in [0.1, 0.15) is 124 Å². The van der Waals surface area contributed by atoms with E-state index >= 15 is 0 Å². The molecule has 1 atom stereocenters. The van der Waals surface area contributed by atoms with E-state index in [9.17, 15) is 0 Å². The molecule has 0 saturated carbocycles. The van der Waals surface area contributed by atoms with Gasteiger partial charge in [0.2, 0.25) is 0 Å². The van der Waals surface area contributed by atoms with Gasteiger partial charge >= 0.3 is 0 Å². The van der Waals surface area contributed by atoms with Crippen LogP contribution in [0.5, 0.6) is 0 Å². The minimum absolute atomic E-state index is 0.625. The maximum absolute atomic E-state index is 2.60. The second kappa shape index (κ2) is 16.5. The van der Waals surface area contributed by atoms with Gasteiger partial charge in [0.1, 0.15) is 6.17 Å². The van der Waals surface area contributed by atoms with Crippen LogP contribution in [0.25, 0.3) is 0 Å². The smallest absolute Gasteiger partial charge is 0.100 e. The largest absolute Gasteiger partial charge is 0.356 e. The Morgan fingerprint density at radius 2 is 0.846 bits per heavy atom. The van der Waals surface area contributed by atoms with Crippen molar-refractivity contribution in [3.05, 3.63) is 12.4 Å². The van der Waals surface area contributed by atoms with Crippen molar-refractivity contribution >= 4 is 0 Å². The molecule has 2 heteroatoms. The maximum Gasteiger partial charge on any atom is 0.100 e. The molecule has 0 aromatic heterocycles. The fraction of sp³-hybridized carbons (Fsp3) is 0.917. The Morgan fingerprint density at radius 1 is 0.500 bits per heavy atom. The Hall–Kier alpha value is -0.660. The monoisotopic (exact) mass is 364 g/mol. The second-order valence-electron chi connectivity index (χ2n) is 8.26. The van der Waals surface area contributed by atoms with Crippen LogP contribution in [0, 0.1) is 0 Å². The molecule has 0 aromatic rings. The lowest BCUT2D eigenvalue weighted by Crippen LogP contribution is -2.38. The van der Waals surface area contributed by atoms with E-state index in [1.54, 1.807) is 0 Å². The zero-order valence-corrected chi connectivity index (χ0v) is 18.4. The van der Waals surface area contributed by atoms with E-state index in [1.165, 1.54) is 116 Å². The van der Waals surface area contributed by atoms with Gasteiger partial charge in [-0.3, -0.25) is 0 Å². The standard InChI is InChI=1S/C24H48N2/c1-4-7-9-11-13-14-15-17-19-21-26-23-22-25(24(26)6-3)20-18-16-12-10-8-5-2/h22-24H,4-21H2,1-3H3. The number of nitrogens with zero attached hydrogens (tertiary/aromatic N) is 2. The van der Waals surface area contributed by atoms with Crippen LogP contribution in [-0.4, -0.2) is 29.1 Å². The summed E-state index contributed by atoms with van der Waals surface area (Å²) in [7, 11) is 0. The predicted molar refractivity (Wildman–Crippen MR) is 117 cm³/mol. The van der Waals surface area contributed by atoms with Gasteiger partial charge in [0, 0.05) is 25.5 Å². The Labute approximate surface area is 165 Å². The Morgan fingerprint density at radius 3 is 1.19 bits per heavy atom. The van der Waals surface area contributed by atoms with Crippen LogP contribution in [-0.2, 0) is 0 Å². The van der Waals surface area contributed by atoms with Crippen molar-refractivity contribution in [3.63, 3.8) is 0 Å². The lowest BCUT2D eigenvalue weighted by molar-refractivity contribution is 0.144. The first-order valence-electron chi connectivity index (χ1n) is 12.0. The second-order valence-corrected chi connectivity index (χ2v) is 8.26. The molecule has 0 amide bonds. The van der Waals surface area contributed by atoms with Crippen molar-refractivity contribution in [2.24, 2.45) is 0 Å². The van der Waals surface area contributed by atoms with E-state index in [-0.39, 0.29) is 0 Å². The zero-order valence-electron chi connectivity index (χ0n) is 18.4. The Balaban J connectivity index is 2.04. The highest BCUT2D eigenvalue weighted by Gasteiger charge is 2.23. The number of rotatable bonds is 18. The first kappa shape index (κ1) is 23.4. The highest BCUT2D eigenvalue weighted by molar-refractivity contribution is 4.96. The molecule has 1 unspecified atom stereocenters. The summed E-state index contributed by atoms with van der Waals surface area (Å²) < 4.78 is 0. The molecule has 26 heavy (non-hydrogen) atoms. The molecule has 1 heterocycles. The third-order valence-electron chi connectivity index (χ3n) is 5.87. The molecule has 154 valence electrons. The van der Waals surface area contributed by atoms with Crippen LogP contribution >= 0.6 is 0 Å². The minimum Gasteiger partial charge on any atom is -0.356 e. The van der Waals surface area contributed by atoms with Crippen LogP contribution in [0.4, 0.5) is 0 Å². The van der Waals surface area contributed by atoms with Gasteiger partial charge in [-0.05, 0) is 19.3 Å². The molecule has 0 bridgehead atoms.